The number of carbonyl (C=O) groups is 1. The van der Waals surface area contributed by atoms with Crippen molar-refractivity contribution in [2.75, 3.05) is 0 Å². The van der Waals surface area contributed by atoms with Crippen molar-refractivity contribution in [1.82, 2.24) is 19.3 Å². The number of fused-ring (bicyclic) bond motifs is 1. The average molecular weight is 538 g/mol. The summed E-state index contributed by atoms with van der Waals surface area (Å²) in [7, 11) is -3.82. The fraction of sp³-hybridized carbons (Fsp3) is 0.250. The molecule has 0 bridgehead atoms. The van der Waals surface area contributed by atoms with Crippen molar-refractivity contribution in [1.29, 1.82) is 0 Å². The maximum Gasteiger partial charge on any atom is 0.404 e. The number of aromatic nitrogens is 3. The maximum absolute atomic E-state index is 13.2. The first-order valence-electron chi connectivity index (χ1n) is 9.30. The molecule has 2 N–H and O–H groups in total. The van der Waals surface area contributed by atoms with Crippen molar-refractivity contribution in [3.8, 4) is 0 Å². The predicted molar refractivity (Wildman–Crippen MR) is 121 cm³/mol. The summed E-state index contributed by atoms with van der Waals surface area (Å²) in [5.41, 5.74) is 2.80. The van der Waals surface area contributed by atoms with Crippen molar-refractivity contribution in [2.24, 2.45) is 0 Å². The Bertz CT molecular complexity index is 1270. The lowest BCUT2D eigenvalue weighted by atomic mass is 9.92. The van der Waals surface area contributed by atoms with Gasteiger partial charge in [0.05, 0.1) is 16.0 Å². The number of rotatable bonds is 4. The van der Waals surface area contributed by atoms with Crippen molar-refractivity contribution in [3.63, 3.8) is 0 Å². The molecule has 8 nitrogen and oxygen atoms in total. The number of benzene rings is 1. The lowest BCUT2D eigenvalue weighted by Crippen LogP contribution is -2.34. The quantitative estimate of drug-likeness (QED) is 0.489. The van der Waals surface area contributed by atoms with Gasteiger partial charge in [-0.3, -0.25) is 0 Å². The summed E-state index contributed by atoms with van der Waals surface area (Å²) in [6.07, 6.45) is 5.79. The number of hydrogen-bond acceptors (Lipinski definition) is 5. The van der Waals surface area contributed by atoms with E-state index >= 15 is 0 Å². The van der Waals surface area contributed by atoms with E-state index in [0.29, 0.717) is 39.6 Å². The van der Waals surface area contributed by atoms with E-state index in [1.807, 2.05) is 13.0 Å². The molecule has 2 heterocycles. The van der Waals surface area contributed by atoms with Crippen LogP contribution in [0.2, 0.25) is 0 Å². The Kier molecular flexibility index (Phi) is 5.53. The van der Waals surface area contributed by atoms with Crippen LogP contribution in [-0.4, -0.2) is 39.6 Å². The third kappa shape index (κ3) is 3.81. The Hall–Kier alpha value is -2.47. The molecule has 0 saturated heterocycles. The molecule has 156 valence electrons. The predicted octanol–water partition coefficient (Wildman–Crippen LogP) is 3.78. The van der Waals surface area contributed by atoms with Gasteiger partial charge < -0.3 is 10.4 Å². The third-order valence-corrected chi connectivity index (χ3v) is 7.57. The Morgan fingerprint density at radius 2 is 2.00 bits per heavy atom. The van der Waals surface area contributed by atoms with Crippen LogP contribution in [0.1, 0.15) is 30.5 Å². The zero-order chi connectivity index (χ0) is 21.5. The minimum atomic E-state index is -3.82. The Morgan fingerprint density at radius 1 is 1.27 bits per heavy atom. The molecule has 0 spiro atoms. The molecule has 1 unspecified atom stereocenters. The highest BCUT2D eigenvalue weighted by Crippen LogP contribution is 2.34. The third-order valence-electron chi connectivity index (χ3n) is 5.09. The summed E-state index contributed by atoms with van der Waals surface area (Å²) in [5.74, 6) is 0. The normalized spacial score (nSPS) is 17.0. The van der Waals surface area contributed by atoms with Gasteiger partial charge in [-0.05, 0) is 66.5 Å². The number of amides is 1. The van der Waals surface area contributed by atoms with E-state index < -0.39 is 16.1 Å². The van der Waals surface area contributed by atoms with E-state index in [9.17, 15) is 13.2 Å². The van der Waals surface area contributed by atoms with Gasteiger partial charge in [-0.25, -0.2) is 27.2 Å². The molecule has 3 aromatic rings. The number of halogens is 1. The zero-order valence-corrected chi connectivity index (χ0v) is 19.0. The number of nitrogens with one attached hydrogen (secondary N) is 1. The minimum absolute atomic E-state index is 0.184. The number of allylic oxidation sites excluding steroid dienone is 1. The van der Waals surface area contributed by atoms with Crippen molar-refractivity contribution in [3.05, 3.63) is 57.7 Å². The van der Waals surface area contributed by atoms with Gasteiger partial charge in [0.1, 0.15) is 6.33 Å². The topological polar surface area (TPSA) is 114 Å². The van der Waals surface area contributed by atoms with Crippen LogP contribution in [0.15, 0.2) is 47.8 Å². The Labute approximate surface area is 187 Å². The van der Waals surface area contributed by atoms with Gasteiger partial charge in [-0.15, -0.1) is 0 Å². The van der Waals surface area contributed by atoms with Crippen LogP contribution < -0.4 is 5.32 Å². The molecular weight excluding hydrogens is 519 g/mol. The molecule has 1 aromatic carbocycles. The fourth-order valence-corrected chi connectivity index (χ4v) is 5.92. The highest BCUT2D eigenvalue weighted by atomic mass is 127. The SMILES string of the molecule is Cc1ccc(S(=O)(=O)n2cc(I)c3c(C4=CCCC(NC(=O)O)C4)ncnc32)cc1. The molecule has 30 heavy (non-hydrogen) atoms. The first kappa shape index (κ1) is 20.8. The molecule has 10 heteroatoms. The molecule has 4 rings (SSSR count). The molecule has 0 aliphatic heterocycles. The number of hydrogen-bond donors (Lipinski definition) is 2. The van der Waals surface area contributed by atoms with E-state index in [0.717, 1.165) is 11.1 Å². The molecule has 2 aromatic heterocycles. The van der Waals surface area contributed by atoms with Gasteiger partial charge in [0, 0.05) is 15.8 Å². The van der Waals surface area contributed by atoms with E-state index in [4.69, 9.17) is 5.11 Å². The summed E-state index contributed by atoms with van der Waals surface area (Å²) in [4.78, 5) is 19.9. The van der Waals surface area contributed by atoms with Crippen LogP contribution in [0, 0.1) is 10.5 Å². The van der Waals surface area contributed by atoms with Gasteiger partial charge in [0.25, 0.3) is 10.0 Å². The second-order valence-electron chi connectivity index (χ2n) is 7.17. The van der Waals surface area contributed by atoms with Gasteiger partial charge in [-0.1, -0.05) is 23.8 Å². The summed E-state index contributed by atoms with van der Waals surface area (Å²) in [6, 6.07) is 6.47. The number of carboxylic acid groups (broad SMARTS) is 1. The molecule has 1 aliphatic carbocycles. The average Bonchev–Trinajstić information content (AvgIpc) is 3.06. The van der Waals surface area contributed by atoms with E-state index in [2.05, 4.69) is 37.9 Å². The van der Waals surface area contributed by atoms with Gasteiger partial charge >= 0.3 is 6.09 Å². The minimum Gasteiger partial charge on any atom is -0.465 e. The Morgan fingerprint density at radius 3 is 2.70 bits per heavy atom. The van der Waals surface area contributed by atoms with Gasteiger partial charge in [-0.2, -0.15) is 0 Å². The summed E-state index contributed by atoms with van der Waals surface area (Å²) < 4.78 is 28.4. The fourth-order valence-electron chi connectivity index (χ4n) is 3.64. The van der Waals surface area contributed by atoms with Gasteiger partial charge in [0.2, 0.25) is 0 Å². The van der Waals surface area contributed by atoms with Crippen LogP contribution >= 0.6 is 22.6 Å². The lowest BCUT2D eigenvalue weighted by molar-refractivity contribution is 0.189. The van der Waals surface area contributed by atoms with Crippen LogP contribution in [0.25, 0.3) is 16.6 Å². The summed E-state index contributed by atoms with van der Waals surface area (Å²) in [6.45, 7) is 1.90. The van der Waals surface area contributed by atoms with Crippen LogP contribution in [0.3, 0.4) is 0 Å². The number of nitrogens with zero attached hydrogens (tertiary/aromatic N) is 3. The molecule has 0 fully saturated rings. The first-order chi connectivity index (χ1) is 14.3. The second kappa shape index (κ2) is 7.99. The maximum atomic E-state index is 13.2. The molecule has 1 amide bonds. The highest BCUT2D eigenvalue weighted by Gasteiger charge is 2.26. The van der Waals surface area contributed by atoms with Crippen LogP contribution in [0.4, 0.5) is 4.79 Å². The zero-order valence-electron chi connectivity index (χ0n) is 16.0. The lowest BCUT2D eigenvalue weighted by Gasteiger charge is -2.22. The first-order valence-corrected chi connectivity index (χ1v) is 11.8. The van der Waals surface area contributed by atoms with E-state index in [-0.39, 0.29) is 10.9 Å². The second-order valence-corrected chi connectivity index (χ2v) is 10.1. The van der Waals surface area contributed by atoms with Crippen LogP contribution in [0.5, 0.6) is 0 Å². The summed E-state index contributed by atoms with van der Waals surface area (Å²) in [5, 5.41) is 12.2. The summed E-state index contributed by atoms with van der Waals surface area (Å²) >= 11 is 2.09. The van der Waals surface area contributed by atoms with E-state index in [1.54, 1.807) is 30.5 Å². The molecule has 1 aliphatic rings. The molecular formula is C20H19IN4O4S. The van der Waals surface area contributed by atoms with Crippen molar-refractivity contribution >= 4 is 55.3 Å². The molecule has 1 atom stereocenters. The monoisotopic (exact) mass is 538 g/mol. The van der Waals surface area contributed by atoms with Crippen LogP contribution in [-0.2, 0) is 10.0 Å². The Balaban J connectivity index is 1.81. The molecule has 0 saturated carbocycles. The van der Waals surface area contributed by atoms with Gasteiger partial charge in [0.15, 0.2) is 5.65 Å². The molecule has 0 radical (unpaired) electrons. The van der Waals surface area contributed by atoms with Crippen molar-refractivity contribution in [2.45, 2.75) is 37.1 Å². The smallest absolute Gasteiger partial charge is 0.404 e. The highest BCUT2D eigenvalue weighted by molar-refractivity contribution is 14.1. The van der Waals surface area contributed by atoms with Crippen molar-refractivity contribution < 1.29 is 18.3 Å². The number of aryl methyl sites for hydroxylation is 1. The standard InChI is InChI=1S/C20H19IN4O4S/c1-12-5-7-15(8-6-12)30(28,29)25-10-16(21)17-18(22-11-23-19(17)25)13-3-2-4-14(9-13)24-20(26)27/h3,5-8,10-11,14,24H,2,4,9H2,1H3,(H,26,27). The van der Waals surface area contributed by atoms with E-state index in [1.165, 1.54) is 10.3 Å². The largest absolute Gasteiger partial charge is 0.465 e.